The number of phenols is 1. The van der Waals surface area contributed by atoms with Crippen molar-refractivity contribution in [3.63, 3.8) is 0 Å². The predicted molar refractivity (Wildman–Crippen MR) is 121 cm³/mol. The molecule has 1 heterocycles. The summed E-state index contributed by atoms with van der Waals surface area (Å²) in [6, 6.07) is 18.6. The number of carbonyl (C=O) groups excluding carboxylic acids is 2. The maximum atomic E-state index is 12.6. The first-order valence-corrected chi connectivity index (χ1v) is 10.3. The van der Waals surface area contributed by atoms with Crippen LogP contribution in [0.3, 0.4) is 0 Å². The highest BCUT2D eigenvalue weighted by molar-refractivity contribution is 5.94. The van der Waals surface area contributed by atoms with Crippen molar-refractivity contribution >= 4 is 34.0 Å². The van der Waals surface area contributed by atoms with E-state index < -0.39 is 12.1 Å². The Labute approximate surface area is 188 Å². The van der Waals surface area contributed by atoms with Gasteiger partial charge in [0.15, 0.2) is 0 Å². The summed E-state index contributed by atoms with van der Waals surface area (Å²) in [5, 5.41) is 13.2. The summed E-state index contributed by atoms with van der Waals surface area (Å²) in [7, 11) is 0. The number of hydrogen-bond donors (Lipinski definition) is 2. The van der Waals surface area contributed by atoms with Crippen LogP contribution in [0.5, 0.6) is 11.5 Å². The number of esters is 1. The molecule has 0 fully saturated rings. The molecule has 0 atom stereocenters. The van der Waals surface area contributed by atoms with Gasteiger partial charge in [0.2, 0.25) is 5.43 Å². The molecule has 1 aromatic heterocycles. The topological polar surface area (TPSA) is 115 Å². The Hall–Kier alpha value is -4.33. The van der Waals surface area contributed by atoms with E-state index in [9.17, 15) is 19.5 Å². The maximum Gasteiger partial charge on any atom is 0.407 e. The number of phenolic OH excluding ortho intramolecular Hbond substituents is 1. The van der Waals surface area contributed by atoms with Crippen LogP contribution in [0, 0.1) is 0 Å². The summed E-state index contributed by atoms with van der Waals surface area (Å²) in [4.78, 5) is 36.5. The molecular formula is C25H21NO7. The molecule has 0 aliphatic heterocycles. The van der Waals surface area contributed by atoms with E-state index in [1.807, 2.05) is 30.3 Å². The maximum absolute atomic E-state index is 12.6. The van der Waals surface area contributed by atoms with Crippen LogP contribution in [0.1, 0.15) is 18.4 Å². The molecule has 0 spiro atoms. The molecular weight excluding hydrogens is 426 g/mol. The fourth-order valence-corrected chi connectivity index (χ4v) is 3.32. The number of carbonyl (C=O) groups is 2. The van der Waals surface area contributed by atoms with Gasteiger partial charge in [0.25, 0.3) is 0 Å². The van der Waals surface area contributed by atoms with Gasteiger partial charge in [-0.2, -0.15) is 0 Å². The average Bonchev–Trinajstić information content (AvgIpc) is 2.81. The van der Waals surface area contributed by atoms with Gasteiger partial charge in [-0.1, -0.05) is 42.5 Å². The van der Waals surface area contributed by atoms with Crippen LogP contribution in [0.4, 0.5) is 4.79 Å². The fraction of sp³-hybridized carbons (Fsp3) is 0.160. The van der Waals surface area contributed by atoms with Gasteiger partial charge < -0.3 is 24.3 Å². The summed E-state index contributed by atoms with van der Waals surface area (Å²) in [5.41, 5.74) is 0.985. The zero-order valence-corrected chi connectivity index (χ0v) is 17.6. The minimum absolute atomic E-state index is 0.0201. The molecule has 0 radical (unpaired) electrons. The number of amides is 1. The fourth-order valence-electron chi connectivity index (χ4n) is 3.32. The van der Waals surface area contributed by atoms with E-state index in [0.29, 0.717) is 17.4 Å². The standard InChI is InChI=1S/C25H21NO7/c27-19-13-17(14-21-23(19)24(29)18-9-4-5-10-20(18)33-21)32-22(28)11-6-12-26-25(30)31-15-16-7-2-1-3-8-16/h1-5,7-10,13-14,27H,6,11-12,15H2,(H,26,30). The summed E-state index contributed by atoms with van der Waals surface area (Å²) in [5.74, 6) is -0.840. The zero-order valence-electron chi connectivity index (χ0n) is 17.6. The minimum atomic E-state index is -0.575. The zero-order chi connectivity index (χ0) is 23.2. The van der Waals surface area contributed by atoms with Crippen molar-refractivity contribution in [2.24, 2.45) is 0 Å². The number of para-hydroxylation sites is 1. The number of rotatable bonds is 7. The SMILES string of the molecule is O=C(CCCNC(=O)OCc1ccccc1)Oc1cc(O)c2c(=O)c3ccccc3oc2c1. The van der Waals surface area contributed by atoms with Gasteiger partial charge in [-0.05, 0) is 24.1 Å². The molecule has 168 valence electrons. The molecule has 8 heteroatoms. The molecule has 0 saturated carbocycles. The van der Waals surface area contributed by atoms with Gasteiger partial charge >= 0.3 is 12.1 Å². The van der Waals surface area contributed by atoms with Gasteiger partial charge in [0.1, 0.15) is 34.7 Å². The van der Waals surface area contributed by atoms with Gasteiger partial charge in [-0.25, -0.2) is 4.79 Å². The number of hydrogen-bond acceptors (Lipinski definition) is 7. The third-order valence-electron chi connectivity index (χ3n) is 4.90. The number of nitrogens with one attached hydrogen (secondary N) is 1. The summed E-state index contributed by atoms with van der Waals surface area (Å²) >= 11 is 0. The van der Waals surface area contributed by atoms with E-state index in [4.69, 9.17) is 13.9 Å². The first-order chi connectivity index (χ1) is 16.0. The van der Waals surface area contributed by atoms with Gasteiger partial charge in [-0.15, -0.1) is 0 Å². The molecule has 0 saturated heterocycles. The largest absolute Gasteiger partial charge is 0.507 e. The van der Waals surface area contributed by atoms with Crippen molar-refractivity contribution in [2.45, 2.75) is 19.4 Å². The smallest absolute Gasteiger partial charge is 0.407 e. The van der Waals surface area contributed by atoms with Crippen LogP contribution in [0.2, 0.25) is 0 Å². The number of benzene rings is 3. The predicted octanol–water partition coefficient (Wildman–Crippen LogP) is 4.26. The highest BCUT2D eigenvalue weighted by Crippen LogP contribution is 2.30. The normalized spacial score (nSPS) is 10.8. The van der Waals surface area contributed by atoms with E-state index in [2.05, 4.69) is 5.32 Å². The molecule has 8 nitrogen and oxygen atoms in total. The van der Waals surface area contributed by atoms with E-state index >= 15 is 0 Å². The Morgan fingerprint density at radius 3 is 2.55 bits per heavy atom. The Morgan fingerprint density at radius 2 is 1.73 bits per heavy atom. The molecule has 33 heavy (non-hydrogen) atoms. The first kappa shape index (κ1) is 21.9. The van der Waals surface area contributed by atoms with Gasteiger partial charge in [0, 0.05) is 25.1 Å². The molecule has 0 aliphatic carbocycles. The van der Waals surface area contributed by atoms with Gasteiger partial charge in [-0.3, -0.25) is 9.59 Å². The molecule has 2 N–H and O–H groups in total. The Morgan fingerprint density at radius 1 is 0.970 bits per heavy atom. The van der Waals surface area contributed by atoms with Crippen molar-refractivity contribution in [2.75, 3.05) is 6.54 Å². The lowest BCUT2D eigenvalue weighted by atomic mass is 10.1. The highest BCUT2D eigenvalue weighted by atomic mass is 16.5. The lowest BCUT2D eigenvalue weighted by Gasteiger charge is -2.09. The Bertz CT molecular complexity index is 1360. The summed E-state index contributed by atoms with van der Waals surface area (Å²) in [6.07, 6.45) is -0.216. The Kier molecular flexibility index (Phi) is 6.54. The number of aromatic hydroxyl groups is 1. The Balaban J connectivity index is 1.30. The highest BCUT2D eigenvalue weighted by Gasteiger charge is 2.15. The van der Waals surface area contributed by atoms with E-state index in [1.165, 1.54) is 12.1 Å². The van der Waals surface area contributed by atoms with Crippen molar-refractivity contribution in [1.29, 1.82) is 0 Å². The van der Waals surface area contributed by atoms with Crippen LogP contribution < -0.4 is 15.5 Å². The molecule has 4 aromatic rings. The monoisotopic (exact) mass is 447 g/mol. The van der Waals surface area contributed by atoms with Gasteiger partial charge in [0.05, 0.1) is 5.39 Å². The molecule has 0 unspecified atom stereocenters. The lowest BCUT2D eigenvalue weighted by molar-refractivity contribution is -0.134. The quantitative estimate of drug-likeness (QED) is 0.188. The molecule has 3 aromatic carbocycles. The third-order valence-corrected chi connectivity index (χ3v) is 4.90. The second-order valence-electron chi connectivity index (χ2n) is 7.31. The van der Waals surface area contributed by atoms with Crippen LogP contribution in [0.15, 0.2) is 75.9 Å². The van der Waals surface area contributed by atoms with Crippen molar-refractivity contribution in [3.05, 3.63) is 82.5 Å². The van der Waals surface area contributed by atoms with E-state index in [0.717, 1.165) is 5.56 Å². The van der Waals surface area contributed by atoms with Crippen molar-refractivity contribution in [1.82, 2.24) is 5.32 Å². The number of ether oxygens (including phenoxy) is 2. The minimum Gasteiger partial charge on any atom is -0.507 e. The third kappa shape index (κ3) is 5.30. The first-order valence-electron chi connectivity index (χ1n) is 10.3. The second kappa shape index (κ2) is 9.86. The van der Waals surface area contributed by atoms with E-state index in [-0.39, 0.29) is 47.5 Å². The summed E-state index contributed by atoms with van der Waals surface area (Å²) in [6.45, 7) is 0.387. The molecule has 1 amide bonds. The van der Waals surface area contributed by atoms with Crippen LogP contribution in [0.25, 0.3) is 21.9 Å². The summed E-state index contributed by atoms with van der Waals surface area (Å²) < 4.78 is 16.1. The van der Waals surface area contributed by atoms with Crippen LogP contribution in [-0.4, -0.2) is 23.7 Å². The lowest BCUT2D eigenvalue weighted by Crippen LogP contribution is -2.26. The van der Waals surface area contributed by atoms with Crippen LogP contribution >= 0.6 is 0 Å². The average molecular weight is 447 g/mol. The number of alkyl carbamates (subject to hydrolysis) is 1. The second-order valence-corrected chi connectivity index (χ2v) is 7.31. The van der Waals surface area contributed by atoms with E-state index in [1.54, 1.807) is 24.3 Å². The molecule has 0 aliphatic rings. The molecule has 0 bridgehead atoms. The van der Waals surface area contributed by atoms with Crippen molar-refractivity contribution < 1.29 is 28.6 Å². The molecule has 4 rings (SSSR count). The number of fused-ring (bicyclic) bond motifs is 2. The van der Waals surface area contributed by atoms with Crippen molar-refractivity contribution in [3.8, 4) is 11.5 Å². The van der Waals surface area contributed by atoms with Crippen LogP contribution in [-0.2, 0) is 16.1 Å².